The van der Waals surface area contributed by atoms with E-state index in [-0.39, 0.29) is 6.03 Å². The molecule has 3 heterocycles. The van der Waals surface area contributed by atoms with Crippen molar-refractivity contribution < 1.29 is 4.79 Å². The number of hydrogen-bond donors (Lipinski definition) is 1. The molecule has 0 bridgehead atoms. The van der Waals surface area contributed by atoms with E-state index in [1.54, 1.807) is 23.3 Å². The van der Waals surface area contributed by atoms with Crippen LogP contribution in [-0.2, 0) is 13.0 Å². The first-order valence-corrected chi connectivity index (χ1v) is 9.27. The highest BCUT2D eigenvalue weighted by molar-refractivity contribution is 7.18. The maximum atomic E-state index is 12.3. The van der Waals surface area contributed by atoms with E-state index in [0.29, 0.717) is 19.5 Å². The number of carbonyl (C=O) groups excluding carboxylic acids is 1. The Morgan fingerprint density at radius 2 is 2.04 bits per heavy atom. The maximum Gasteiger partial charge on any atom is 0.317 e. The molecule has 0 aliphatic rings. The average molecular weight is 365 g/mol. The number of aromatic nitrogens is 3. The van der Waals surface area contributed by atoms with Crippen LogP contribution in [0, 0.1) is 0 Å². The Morgan fingerprint density at radius 1 is 1.19 bits per heavy atom. The van der Waals surface area contributed by atoms with Gasteiger partial charge in [-0.15, -0.1) is 11.3 Å². The highest BCUT2D eigenvalue weighted by Crippen LogP contribution is 2.22. The Kier molecular flexibility index (Phi) is 4.53. The van der Waals surface area contributed by atoms with E-state index in [0.717, 1.165) is 26.6 Å². The fraction of sp³-hybridized carbons (Fsp3) is 0.211. The zero-order valence-corrected chi connectivity index (χ0v) is 15.2. The van der Waals surface area contributed by atoms with Gasteiger partial charge in [-0.2, -0.15) is 0 Å². The zero-order valence-electron chi connectivity index (χ0n) is 14.4. The van der Waals surface area contributed by atoms with Crippen LogP contribution in [0.5, 0.6) is 0 Å². The van der Waals surface area contributed by atoms with E-state index in [9.17, 15) is 4.79 Å². The predicted molar refractivity (Wildman–Crippen MR) is 103 cm³/mol. The number of carbonyl (C=O) groups is 1. The number of nitrogens with one attached hydrogen (secondary N) is 1. The second-order valence-electron chi connectivity index (χ2n) is 6.11. The molecule has 0 fully saturated rings. The topological polar surface area (TPSA) is 62.5 Å². The lowest BCUT2D eigenvalue weighted by Gasteiger charge is -2.16. The van der Waals surface area contributed by atoms with Crippen molar-refractivity contribution in [2.24, 2.45) is 0 Å². The summed E-state index contributed by atoms with van der Waals surface area (Å²) in [7, 11) is 1.78. The number of thiazole rings is 1. The van der Waals surface area contributed by atoms with Crippen molar-refractivity contribution in [2.75, 3.05) is 13.6 Å². The molecule has 7 heteroatoms. The number of imidazole rings is 1. The van der Waals surface area contributed by atoms with Gasteiger partial charge in [0, 0.05) is 32.4 Å². The number of urea groups is 1. The second-order valence-corrected chi connectivity index (χ2v) is 7.23. The van der Waals surface area contributed by atoms with Crippen molar-refractivity contribution >= 4 is 33.2 Å². The van der Waals surface area contributed by atoms with E-state index >= 15 is 0 Å². The molecule has 0 saturated heterocycles. The standard InChI is InChI=1S/C19H19N5OS/c1-23(13-18-22-15-6-2-3-7-16(15)26-18)19(25)20-10-9-14-12-24-11-5-4-8-17(24)21-14/h2-8,11-12H,9-10,13H2,1H3,(H,20,25). The van der Waals surface area contributed by atoms with Crippen molar-refractivity contribution in [1.82, 2.24) is 24.6 Å². The molecule has 3 aromatic heterocycles. The van der Waals surface area contributed by atoms with Gasteiger partial charge >= 0.3 is 6.03 Å². The van der Waals surface area contributed by atoms with Crippen LogP contribution in [0.1, 0.15) is 10.7 Å². The molecule has 132 valence electrons. The number of amides is 2. The minimum atomic E-state index is -0.104. The summed E-state index contributed by atoms with van der Waals surface area (Å²) in [5.74, 6) is 0. The van der Waals surface area contributed by atoms with Gasteiger partial charge in [0.15, 0.2) is 0 Å². The summed E-state index contributed by atoms with van der Waals surface area (Å²) in [5, 5.41) is 3.88. The normalized spacial score (nSPS) is 11.1. The molecule has 0 aliphatic carbocycles. The van der Waals surface area contributed by atoms with Gasteiger partial charge < -0.3 is 14.6 Å². The molecule has 4 aromatic rings. The highest BCUT2D eigenvalue weighted by atomic mass is 32.1. The van der Waals surface area contributed by atoms with Crippen LogP contribution in [0.15, 0.2) is 54.9 Å². The third kappa shape index (κ3) is 3.52. The quantitative estimate of drug-likeness (QED) is 0.590. The van der Waals surface area contributed by atoms with Gasteiger partial charge in [0.2, 0.25) is 0 Å². The third-order valence-corrected chi connectivity index (χ3v) is 5.15. The van der Waals surface area contributed by atoms with Crippen molar-refractivity contribution in [2.45, 2.75) is 13.0 Å². The molecule has 4 rings (SSSR count). The summed E-state index contributed by atoms with van der Waals surface area (Å²) >= 11 is 1.62. The zero-order chi connectivity index (χ0) is 17.9. The molecule has 1 N–H and O–H groups in total. The Bertz CT molecular complexity index is 988. The molecular weight excluding hydrogens is 346 g/mol. The molecular formula is C19H19N5OS. The van der Waals surface area contributed by atoms with Crippen molar-refractivity contribution in [3.8, 4) is 0 Å². The first kappa shape index (κ1) is 16.5. The molecule has 0 radical (unpaired) electrons. The fourth-order valence-corrected chi connectivity index (χ4v) is 3.82. The molecule has 0 aliphatic heterocycles. The van der Waals surface area contributed by atoms with Gasteiger partial charge in [0.1, 0.15) is 10.7 Å². The van der Waals surface area contributed by atoms with Gasteiger partial charge in [-0.3, -0.25) is 0 Å². The minimum absolute atomic E-state index is 0.104. The smallest absolute Gasteiger partial charge is 0.317 e. The van der Waals surface area contributed by atoms with E-state index in [1.165, 1.54) is 0 Å². The van der Waals surface area contributed by atoms with Gasteiger partial charge in [-0.1, -0.05) is 18.2 Å². The summed E-state index contributed by atoms with van der Waals surface area (Å²) in [6, 6.07) is 13.8. The van der Waals surface area contributed by atoms with Gasteiger partial charge in [-0.05, 0) is 24.3 Å². The second kappa shape index (κ2) is 7.13. The van der Waals surface area contributed by atoms with Crippen LogP contribution in [0.2, 0.25) is 0 Å². The number of para-hydroxylation sites is 1. The van der Waals surface area contributed by atoms with E-state index in [1.807, 2.05) is 59.3 Å². The van der Waals surface area contributed by atoms with Gasteiger partial charge in [0.25, 0.3) is 0 Å². The average Bonchev–Trinajstić information content (AvgIpc) is 3.24. The van der Waals surface area contributed by atoms with E-state index in [4.69, 9.17) is 0 Å². The molecule has 0 saturated carbocycles. The minimum Gasteiger partial charge on any atom is -0.338 e. The molecule has 1 aromatic carbocycles. The first-order chi connectivity index (χ1) is 12.7. The van der Waals surface area contributed by atoms with Crippen LogP contribution < -0.4 is 5.32 Å². The van der Waals surface area contributed by atoms with E-state index < -0.39 is 0 Å². The number of pyridine rings is 1. The molecule has 6 nitrogen and oxygen atoms in total. The predicted octanol–water partition coefficient (Wildman–Crippen LogP) is 3.33. The fourth-order valence-electron chi connectivity index (χ4n) is 2.80. The molecule has 0 atom stereocenters. The van der Waals surface area contributed by atoms with Crippen molar-refractivity contribution in [3.63, 3.8) is 0 Å². The number of fused-ring (bicyclic) bond motifs is 2. The lowest BCUT2D eigenvalue weighted by Crippen LogP contribution is -2.37. The highest BCUT2D eigenvalue weighted by Gasteiger charge is 2.12. The Labute approximate surface area is 155 Å². The molecule has 0 spiro atoms. The van der Waals surface area contributed by atoms with Crippen LogP contribution in [0.25, 0.3) is 15.9 Å². The van der Waals surface area contributed by atoms with Crippen molar-refractivity contribution in [3.05, 3.63) is 65.6 Å². The van der Waals surface area contributed by atoms with Crippen LogP contribution in [0.3, 0.4) is 0 Å². The monoisotopic (exact) mass is 365 g/mol. The van der Waals surface area contributed by atoms with Crippen molar-refractivity contribution in [1.29, 1.82) is 0 Å². The maximum absolute atomic E-state index is 12.3. The third-order valence-electron chi connectivity index (χ3n) is 4.13. The summed E-state index contributed by atoms with van der Waals surface area (Å²) in [6.07, 6.45) is 4.66. The number of nitrogens with zero attached hydrogens (tertiary/aromatic N) is 4. The lowest BCUT2D eigenvalue weighted by molar-refractivity contribution is 0.207. The summed E-state index contributed by atoms with van der Waals surface area (Å²) < 4.78 is 3.12. The lowest BCUT2D eigenvalue weighted by atomic mass is 10.3. The van der Waals surface area contributed by atoms with Gasteiger partial charge in [0.05, 0.1) is 22.5 Å². The first-order valence-electron chi connectivity index (χ1n) is 8.45. The molecule has 2 amide bonds. The number of rotatable bonds is 5. The number of hydrogen-bond acceptors (Lipinski definition) is 4. The Hall–Kier alpha value is -2.93. The van der Waals surface area contributed by atoms with Gasteiger partial charge in [-0.25, -0.2) is 14.8 Å². The SMILES string of the molecule is CN(Cc1nc2ccccc2s1)C(=O)NCCc1cn2ccccc2n1. The Balaban J connectivity index is 1.31. The summed E-state index contributed by atoms with van der Waals surface area (Å²) in [5.41, 5.74) is 2.86. The summed E-state index contributed by atoms with van der Waals surface area (Å²) in [4.78, 5) is 23.1. The largest absolute Gasteiger partial charge is 0.338 e. The molecule has 0 unspecified atom stereocenters. The van der Waals surface area contributed by atoms with E-state index in [2.05, 4.69) is 15.3 Å². The molecule has 26 heavy (non-hydrogen) atoms. The number of benzene rings is 1. The Morgan fingerprint density at radius 3 is 2.88 bits per heavy atom. The van der Waals surface area contributed by atoms with Crippen LogP contribution in [-0.4, -0.2) is 38.9 Å². The van der Waals surface area contributed by atoms with Crippen LogP contribution >= 0.6 is 11.3 Å². The summed E-state index contributed by atoms with van der Waals surface area (Å²) in [6.45, 7) is 1.05. The van der Waals surface area contributed by atoms with Crippen LogP contribution in [0.4, 0.5) is 4.79 Å².